The van der Waals surface area contributed by atoms with E-state index in [1.807, 2.05) is 29.5 Å². The van der Waals surface area contributed by atoms with Gasteiger partial charge in [-0.2, -0.15) is 0 Å². The van der Waals surface area contributed by atoms with Crippen LogP contribution in [0.5, 0.6) is 0 Å². The Morgan fingerprint density at radius 2 is 1.65 bits per heavy atom. The van der Waals surface area contributed by atoms with Gasteiger partial charge in [-0.1, -0.05) is 91.5 Å². The van der Waals surface area contributed by atoms with Crippen LogP contribution in [0.25, 0.3) is 31.3 Å². The fourth-order valence-corrected chi connectivity index (χ4v) is 5.46. The molecule has 0 fully saturated rings. The van der Waals surface area contributed by atoms with Gasteiger partial charge in [0.05, 0.1) is 0 Å². The predicted molar refractivity (Wildman–Crippen MR) is 152 cm³/mol. The Morgan fingerprint density at radius 1 is 0.853 bits per heavy atom. The third-order valence-corrected chi connectivity index (χ3v) is 7.42. The molecule has 166 valence electrons. The second-order valence-corrected chi connectivity index (χ2v) is 9.59. The summed E-state index contributed by atoms with van der Waals surface area (Å²) in [4.78, 5) is 0. The van der Waals surface area contributed by atoms with Crippen LogP contribution in [0.2, 0.25) is 0 Å². The van der Waals surface area contributed by atoms with Crippen molar-refractivity contribution in [2.75, 3.05) is 5.32 Å². The molecule has 0 unspecified atom stereocenters. The van der Waals surface area contributed by atoms with Gasteiger partial charge in [-0.05, 0) is 60.4 Å². The predicted octanol–water partition coefficient (Wildman–Crippen LogP) is 9.78. The molecule has 0 amide bonds. The summed E-state index contributed by atoms with van der Waals surface area (Å²) in [5, 5.41) is 6.19. The summed E-state index contributed by atoms with van der Waals surface area (Å²) in [6, 6.07) is 31.9. The molecule has 0 aliphatic carbocycles. The second-order valence-electron chi connectivity index (χ2n) is 8.54. The Morgan fingerprint density at radius 3 is 2.50 bits per heavy atom. The summed E-state index contributed by atoms with van der Waals surface area (Å²) in [6.45, 7) is 8.65. The van der Waals surface area contributed by atoms with E-state index in [-0.39, 0.29) is 0 Å². The highest BCUT2D eigenvalue weighted by molar-refractivity contribution is 7.26. The molecule has 0 saturated carbocycles. The first-order valence-electron chi connectivity index (χ1n) is 11.5. The lowest BCUT2D eigenvalue weighted by Gasteiger charge is -2.12. The topological polar surface area (TPSA) is 12.0 Å². The van der Waals surface area contributed by atoms with Gasteiger partial charge in [0.15, 0.2) is 0 Å². The molecule has 0 radical (unpaired) electrons. The summed E-state index contributed by atoms with van der Waals surface area (Å²) >= 11 is 1.86. The molecule has 2 heteroatoms. The molecular weight excluding hydrogens is 430 g/mol. The zero-order valence-electron chi connectivity index (χ0n) is 19.5. The number of benzene rings is 4. The Balaban J connectivity index is 1.37. The van der Waals surface area contributed by atoms with Crippen molar-refractivity contribution in [1.29, 1.82) is 0 Å². The first-order valence-corrected chi connectivity index (χ1v) is 12.3. The summed E-state index contributed by atoms with van der Waals surface area (Å²) < 4.78 is 2.68. The number of thiophene rings is 1. The molecule has 4 aromatic carbocycles. The van der Waals surface area contributed by atoms with Crippen LogP contribution in [-0.4, -0.2) is 0 Å². The Kier molecular flexibility index (Phi) is 6.16. The van der Waals surface area contributed by atoms with E-state index in [1.165, 1.54) is 36.9 Å². The lowest BCUT2D eigenvalue weighted by Crippen LogP contribution is -1.94. The van der Waals surface area contributed by atoms with E-state index in [2.05, 4.69) is 117 Å². The molecular formula is C32H27NS. The third-order valence-electron chi connectivity index (χ3n) is 6.11. The minimum atomic E-state index is 1.01. The van der Waals surface area contributed by atoms with Crippen molar-refractivity contribution in [3.63, 3.8) is 0 Å². The average Bonchev–Trinajstić information content (AvgIpc) is 3.24. The van der Waals surface area contributed by atoms with Crippen LogP contribution in [0.15, 0.2) is 116 Å². The van der Waals surface area contributed by atoms with Gasteiger partial charge in [-0.3, -0.25) is 0 Å². The molecule has 1 nitrogen and oxygen atoms in total. The van der Waals surface area contributed by atoms with Crippen LogP contribution in [0.1, 0.15) is 23.6 Å². The van der Waals surface area contributed by atoms with Crippen LogP contribution >= 0.6 is 11.3 Å². The van der Waals surface area contributed by atoms with Gasteiger partial charge in [-0.15, -0.1) is 11.3 Å². The summed E-state index contributed by atoms with van der Waals surface area (Å²) in [5.41, 5.74) is 8.06. The van der Waals surface area contributed by atoms with Crippen molar-refractivity contribution >= 4 is 54.0 Å². The third kappa shape index (κ3) is 4.46. The Labute approximate surface area is 205 Å². The van der Waals surface area contributed by atoms with Gasteiger partial charge < -0.3 is 5.32 Å². The molecule has 1 heterocycles. The number of fused-ring (bicyclic) bond motifs is 3. The highest BCUT2D eigenvalue weighted by Gasteiger charge is 2.08. The smallest absolute Gasteiger partial charge is 0.0460 e. The molecule has 0 atom stereocenters. The molecule has 5 rings (SSSR count). The van der Waals surface area contributed by atoms with Crippen molar-refractivity contribution in [2.24, 2.45) is 0 Å². The van der Waals surface area contributed by atoms with Crippen molar-refractivity contribution in [1.82, 2.24) is 0 Å². The van der Waals surface area contributed by atoms with Crippen LogP contribution in [0, 0.1) is 6.92 Å². The number of para-hydroxylation sites is 2. The summed E-state index contributed by atoms with van der Waals surface area (Å²) in [7, 11) is 0. The van der Waals surface area contributed by atoms with E-state index in [9.17, 15) is 0 Å². The molecule has 0 aliphatic heterocycles. The number of aryl methyl sites for hydroxylation is 1. The van der Waals surface area contributed by atoms with Crippen molar-refractivity contribution in [3.8, 4) is 0 Å². The van der Waals surface area contributed by atoms with Crippen LogP contribution in [0.3, 0.4) is 0 Å². The van der Waals surface area contributed by atoms with E-state index >= 15 is 0 Å². The molecule has 1 N–H and O–H groups in total. The fraction of sp³-hybridized carbons (Fsp3) is 0.0625. The highest BCUT2D eigenvalue weighted by Crippen LogP contribution is 2.37. The Bertz CT molecular complexity index is 1550. The first kappa shape index (κ1) is 21.9. The molecule has 0 saturated heterocycles. The van der Waals surface area contributed by atoms with Gasteiger partial charge in [-0.25, -0.2) is 0 Å². The standard InChI is InChI=1S/C32H27NS/c1-22(25-19-20-28-29-17-10-13-24(3)32(29)34-31(28)21-25)11-9-12-23(2)27-16-7-8-18-30(27)33-26-14-5-4-6-15-26/h4-21,33H,1H2,2-3H3/b11-9-,23-12+. The molecule has 0 aliphatic rings. The lowest BCUT2D eigenvalue weighted by molar-refractivity contribution is 1.50. The van der Waals surface area contributed by atoms with E-state index in [1.54, 1.807) is 0 Å². The largest absolute Gasteiger partial charge is 0.355 e. The molecule has 34 heavy (non-hydrogen) atoms. The minimum absolute atomic E-state index is 1.01. The molecule has 0 bridgehead atoms. The van der Waals surface area contributed by atoms with Gasteiger partial charge in [0.2, 0.25) is 0 Å². The monoisotopic (exact) mass is 457 g/mol. The average molecular weight is 458 g/mol. The normalized spacial score (nSPS) is 12.0. The minimum Gasteiger partial charge on any atom is -0.355 e. The Hall–Kier alpha value is -3.88. The van der Waals surface area contributed by atoms with Gasteiger partial charge in [0, 0.05) is 37.1 Å². The molecule has 5 aromatic rings. The first-order chi connectivity index (χ1) is 16.6. The van der Waals surface area contributed by atoms with Crippen LogP contribution < -0.4 is 5.32 Å². The zero-order valence-corrected chi connectivity index (χ0v) is 20.3. The zero-order chi connectivity index (χ0) is 23.5. The highest BCUT2D eigenvalue weighted by atomic mass is 32.1. The van der Waals surface area contributed by atoms with Crippen LogP contribution in [-0.2, 0) is 0 Å². The number of allylic oxidation sites excluding steroid dienone is 5. The lowest BCUT2D eigenvalue weighted by atomic mass is 10.0. The second kappa shape index (κ2) is 9.54. The number of nitrogens with one attached hydrogen (secondary N) is 1. The SMILES string of the molecule is C=C(/C=C\C=C(/C)c1ccccc1Nc1ccccc1)c1ccc2c(c1)sc1c(C)cccc12. The van der Waals surface area contributed by atoms with E-state index in [0.717, 1.165) is 22.5 Å². The van der Waals surface area contributed by atoms with E-state index in [0.29, 0.717) is 0 Å². The summed E-state index contributed by atoms with van der Waals surface area (Å²) in [6.07, 6.45) is 6.34. The van der Waals surface area contributed by atoms with Gasteiger partial charge in [0.1, 0.15) is 0 Å². The maximum Gasteiger partial charge on any atom is 0.0460 e. The number of rotatable bonds is 6. The van der Waals surface area contributed by atoms with Gasteiger partial charge in [0.25, 0.3) is 0 Å². The van der Waals surface area contributed by atoms with Gasteiger partial charge >= 0.3 is 0 Å². The quantitative estimate of drug-likeness (QED) is 0.250. The number of hydrogen-bond acceptors (Lipinski definition) is 2. The summed E-state index contributed by atoms with van der Waals surface area (Å²) in [5.74, 6) is 0. The van der Waals surface area contributed by atoms with Crippen LogP contribution in [0.4, 0.5) is 11.4 Å². The number of hydrogen-bond donors (Lipinski definition) is 1. The van der Waals surface area contributed by atoms with Crippen molar-refractivity contribution in [2.45, 2.75) is 13.8 Å². The van der Waals surface area contributed by atoms with Crippen molar-refractivity contribution < 1.29 is 0 Å². The van der Waals surface area contributed by atoms with E-state index < -0.39 is 0 Å². The van der Waals surface area contributed by atoms with E-state index in [4.69, 9.17) is 0 Å². The fourth-order valence-electron chi connectivity index (χ4n) is 4.25. The number of anilines is 2. The van der Waals surface area contributed by atoms with Crippen molar-refractivity contribution in [3.05, 3.63) is 132 Å². The molecule has 1 aromatic heterocycles. The molecule has 0 spiro atoms. The maximum atomic E-state index is 4.32. The maximum absolute atomic E-state index is 4.32.